The Balaban J connectivity index is 3.35. The van der Waals surface area contributed by atoms with Crippen LogP contribution >= 0.6 is 0 Å². The van der Waals surface area contributed by atoms with Crippen LogP contribution < -0.4 is 0 Å². The Morgan fingerprint density at radius 3 is 2.67 bits per heavy atom. The van der Waals surface area contributed by atoms with E-state index in [1.165, 1.54) is 0 Å². The Hall–Kier alpha value is -0.920. The van der Waals surface area contributed by atoms with Crippen molar-refractivity contribution in [2.75, 3.05) is 7.05 Å². The molecule has 50 valence electrons. The summed E-state index contributed by atoms with van der Waals surface area (Å²) in [6.45, 7) is 2.07. The molecule has 0 radical (unpaired) electrons. The quantitative estimate of drug-likeness (QED) is 0.511. The van der Waals surface area contributed by atoms with Crippen molar-refractivity contribution in [3.05, 3.63) is 12.3 Å². The van der Waals surface area contributed by atoms with Gasteiger partial charge in [-0.2, -0.15) is 0 Å². The summed E-state index contributed by atoms with van der Waals surface area (Å²) in [6.07, 6.45) is 8.09. The minimum atomic E-state index is 1.03. The Bertz CT molecular complexity index is 123. The fraction of sp³-hybridized carbons (Fsp3) is 0.429. The van der Waals surface area contributed by atoms with Crippen molar-refractivity contribution < 1.29 is 0 Å². The van der Waals surface area contributed by atoms with E-state index >= 15 is 0 Å². The number of allylic oxidation sites excluding steroid dienone is 1. The van der Waals surface area contributed by atoms with E-state index in [1.54, 1.807) is 25.7 Å². The van der Waals surface area contributed by atoms with Crippen LogP contribution in [0.25, 0.3) is 0 Å². The third-order valence-corrected chi connectivity index (χ3v) is 0.729. The van der Waals surface area contributed by atoms with Crippen LogP contribution in [0.4, 0.5) is 0 Å². The zero-order chi connectivity index (χ0) is 6.95. The van der Waals surface area contributed by atoms with Gasteiger partial charge >= 0.3 is 0 Å². The molecule has 0 saturated carbocycles. The molecule has 0 amide bonds. The molecule has 0 atom stereocenters. The SMILES string of the molecule is CC\C=C/N=C\C=N/C. The Labute approximate surface area is 56.0 Å². The molecule has 0 aromatic carbocycles. The predicted molar refractivity (Wildman–Crippen MR) is 42.3 cm³/mol. The highest BCUT2D eigenvalue weighted by molar-refractivity contribution is 6.16. The lowest BCUT2D eigenvalue weighted by molar-refractivity contribution is 1.21. The maximum absolute atomic E-state index is 3.90. The molecule has 0 aliphatic carbocycles. The smallest absolute Gasteiger partial charge is 0.0446 e. The summed E-state index contributed by atoms with van der Waals surface area (Å²) in [6, 6.07) is 0. The van der Waals surface area contributed by atoms with Gasteiger partial charge in [-0.1, -0.05) is 13.0 Å². The third-order valence-electron chi connectivity index (χ3n) is 0.729. The first kappa shape index (κ1) is 8.08. The highest BCUT2D eigenvalue weighted by atomic mass is 14.7. The second kappa shape index (κ2) is 7.08. The summed E-state index contributed by atoms with van der Waals surface area (Å²) >= 11 is 0. The van der Waals surface area contributed by atoms with Gasteiger partial charge in [0.15, 0.2) is 0 Å². The minimum Gasteiger partial charge on any atom is -0.295 e. The van der Waals surface area contributed by atoms with Gasteiger partial charge in [-0.3, -0.25) is 9.98 Å². The van der Waals surface area contributed by atoms with E-state index in [9.17, 15) is 0 Å². The largest absolute Gasteiger partial charge is 0.295 e. The van der Waals surface area contributed by atoms with Crippen LogP contribution in [0.1, 0.15) is 13.3 Å². The van der Waals surface area contributed by atoms with E-state index in [2.05, 4.69) is 16.9 Å². The first-order valence-corrected chi connectivity index (χ1v) is 3.00. The average Bonchev–Trinajstić information content (AvgIpc) is 1.89. The summed E-state index contributed by atoms with van der Waals surface area (Å²) in [5.41, 5.74) is 0. The first-order chi connectivity index (χ1) is 4.41. The maximum atomic E-state index is 3.90. The Morgan fingerprint density at radius 2 is 2.11 bits per heavy atom. The molecule has 0 spiro atoms. The monoisotopic (exact) mass is 124 g/mol. The van der Waals surface area contributed by atoms with Crippen molar-refractivity contribution >= 4 is 12.4 Å². The summed E-state index contributed by atoms with van der Waals surface area (Å²) in [7, 11) is 1.72. The fourth-order valence-corrected chi connectivity index (χ4v) is 0.321. The molecule has 0 bridgehead atoms. The average molecular weight is 124 g/mol. The molecule has 0 heterocycles. The van der Waals surface area contributed by atoms with Crippen molar-refractivity contribution in [3.8, 4) is 0 Å². The lowest BCUT2D eigenvalue weighted by atomic mass is 10.5. The standard InChI is InChI=1S/C7H12N2/c1-3-4-5-9-7-6-8-2/h4-7H,3H2,1-2H3/b5-4-,8-6-,9-7-. The Kier molecular flexibility index (Phi) is 6.36. The fourth-order valence-electron chi connectivity index (χ4n) is 0.321. The van der Waals surface area contributed by atoms with Crippen molar-refractivity contribution in [2.24, 2.45) is 9.98 Å². The number of nitrogens with zero attached hydrogens (tertiary/aromatic N) is 2. The predicted octanol–water partition coefficient (Wildman–Crippen LogP) is 1.68. The molecule has 0 unspecified atom stereocenters. The van der Waals surface area contributed by atoms with Crippen LogP contribution in [0.5, 0.6) is 0 Å². The second-order valence-electron chi connectivity index (χ2n) is 1.50. The molecular weight excluding hydrogens is 112 g/mol. The zero-order valence-electron chi connectivity index (χ0n) is 5.91. The van der Waals surface area contributed by atoms with Gasteiger partial charge in [0.1, 0.15) is 0 Å². The number of rotatable bonds is 3. The van der Waals surface area contributed by atoms with Gasteiger partial charge in [0, 0.05) is 25.7 Å². The van der Waals surface area contributed by atoms with Crippen LogP contribution in [0, 0.1) is 0 Å². The van der Waals surface area contributed by atoms with Gasteiger partial charge < -0.3 is 0 Å². The van der Waals surface area contributed by atoms with Crippen LogP contribution in [0.2, 0.25) is 0 Å². The molecule has 0 rings (SSSR count). The van der Waals surface area contributed by atoms with E-state index in [0.717, 1.165) is 6.42 Å². The molecule has 0 aliphatic heterocycles. The minimum absolute atomic E-state index is 1.03. The molecule has 0 aromatic rings. The third kappa shape index (κ3) is 7.08. The molecule has 0 aliphatic rings. The highest BCUT2D eigenvalue weighted by Crippen LogP contribution is 1.77. The number of aliphatic imine (C=N–C) groups is 2. The molecule has 2 heteroatoms. The van der Waals surface area contributed by atoms with Crippen molar-refractivity contribution in [2.45, 2.75) is 13.3 Å². The van der Waals surface area contributed by atoms with Gasteiger partial charge in [-0.05, 0) is 6.42 Å². The number of hydrogen-bond donors (Lipinski definition) is 0. The molecule has 0 aromatic heterocycles. The first-order valence-electron chi connectivity index (χ1n) is 3.00. The van der Waals surface area contributed by atoms with Crippen molar-refractivity contribution in [1.82, 2.24) is 0 Å². The lowest BCUT2D eigenvalue weighted by Crippen LogP contribution is -1.70. The Morgan fingerprint density at radius 1 is 1.33 bits per heavy atom. The lowest BCUT2D eigenvalue weighted by Gasteiger charge is -1.73. The van der Waals surface area contributed by atoms with E-state index in [0.29, 0.717) is 0 Å². The molecule has 0 fully saturated rings. The summed E-state index contributed by atoms with van der Waals surface area (Å²) in [5.74, 6) is 0. The van der Waals surface area contributed by atoms with E-state index in [-0.39, 0.29) is 0 Å². The van der Waals surface area contributed by atoms with Gasteiger partial charge in [0.05, 0.1) is 0 Å². The van der Waals surface area contributed by atoms with Crippen LogP contribution in [-0.2, 0) is 0 Å². The molecule has 0 N–H and O–H groups in total. The highest BCUT2D eigenvalue weighted by Gasteiger charge is 1.61. The zero-order valence-corrected chi connectivity index (χ0v) is 5.91. The van der Waals surface area contributed by atoms with Gasteiger partial charge in [0.2, 0.25) is 0 Å². The topological polar surface area (TPSA) is 24.7 Å². The van der Waals surface area contributed by atoms with E-state index < -0.39 is 0 Å². The van der Waals surface area contributed by atoms with Crippen LogP contribution in [-0.4, -0.2) is 19.5 Å². The molecular formula is C7H12N2. The molecule has 9 heavy (non-hydrogen) atoms. The van der Waals surface area contributed by atoms with Gasteiger partial charge in [-0.15, -0.1) is 0 Å². The molecule has 2 nitrogen and oxygen atoms in total. The normalized spacial score (nSPS) is 12.7. The van der Waals surface area contributed by atoms with Crippen molar-refractivity contribution in [1.29, 1.82) is 0 Å². The maximum Gasteiger partial charge on any atom is 0.0446 e. The van der Waals surface area contributed by atoms with Gasteiger partial charge in [-0.25, -0.2) is 0 Å². The second-order valence-corrected chi connectivity index (χ2v) is 1.50. The van der Waals surface area contributed by atoms with E-state index in [1.807, 2.05) is 6.08 Å². The van der Waals surface area contributed by atoms with Crippen molar-refractivity contribution in [3.63, 3.8) is 0 Å². The van der Waals surface area contributed by atoms with E-state index in [4.69, 9.17) is 0 Å². The summed E-state index contributed by atoms with van der Waals surface area (Å²) in [5, 5.41) is 0. The van der Waals surface area contributed by atoms with Gasteiger partial charge in [0.25, 0.3) is 0 Å². The summed E-state index contributed by atoms with van der Waals surface area (Å²) in [4.78, 5) is 7.62. The summed E-state index contributed by atoms with van der Waals surface area (Å²) < 4.78 is 0. The van der Waals surface area contributed by atoms with Crippen LogP contribution in [0.3, 0.4) is 0 Å². The molecule has 0 saturated heterocycles. The number of hydrogen-bond acceptors (Lipinski definition) is 2. The van der Waals surface area contributed by atoms with Crippen LogP contribution in [0.15, 0.2) is 22.3 Å².